The molecule has 22 heavy (non-hydrogen) atoms. The van der Waals surface area contributed by atoms with Gasteiger partial charge in [0.15, 0.2) is 0 Å². The number of thiophene rings is 1. The van der Waals surface area contributed by atoms with E-state index in [1.807, 2.05) is 6.07 Å². The van der Waals surface area contributed by atoms with E-state index in [0.717, 1.165) is 11.3 Å². The Morgan fingerprint density at radius 3 is 2.55 bits per heavy atom. The van der Waals surface area contributed by atoms with Crippen LogP contribution in [0.1, 0.15) is 15.2 Å². The van der Waals surface area contributed by atoms with Gasteiger partial charge in [-0.3, -0.25) is 9.78 Å². The molecule has 3 rings (SSSR count). The number of aromatic nitrogens is 2. The van der Waals surface area contributed by atoms with Crippen LogP contribution in [0.2, 0.25) is 0 Å². The van der Waals surface area contributed by atoms with Gasteiger partial charge in [0, 0.05) is 23.3 Å². The fraction of sp³-hybridized carbons (Fsp3) is 0. The van der Waals surface area contributed by atoms with Gasteiger partial charge in [-0.15, -0.1) is 11.3 Å². The van der Waals surface area contributed by atoms with E-state index < -0.39 is 5.91 Å². The molecule has 0 radical (unpaired) electrons. The lowest BCUT2D eigenvalue weighted by Crippen LogP contribution is -2.10. The van der Waals surface area contributed by atoms with Crippen LogP contribution in [0.4, 0.5) is 11.5 Å². The predicted molar refractivity (Wildman–Crippen MR) is 84.9 cm³/mol. The van der Waals surface area contributed by atoms with Gasteiger partial charge in [0.05, 0.1) is 5.69 Å². The lowest BCUT2D eigenvalue weighted by Gasteiger charge is -2.09. The Kier molecular flexibility index (Phi) is 3.12. The third-order valence-electron chi connectivity index (χ3n) is 3.21. The van der Waals surface area contributed by atoms with Gasteiger partial charge >= 0.3 is 0 Å². The van der Waals surface area contributed by atoms with Crippen molar-refractivity contribution in [1.29, 1.82) is 5.26 Å². The molecule has 0 saturated heterocycles. The summed E-state index contributed by atoms with van der Waals surface area (Å²) in [7, 11) is 0. The average Bonchev–Trinajstić information content (AvgIpc) is 2.83. The van der Waals surface area contributed by atoms with Crippen molar-refractivity contribution in [1.82, 2.24) is 9.97 Å². The Bertz CT molecular complexity index is 942. The Labute approximate surface area is 129 Å². The molecule has 0 aliphatic rings. The summed E-state index contributed by atoms with van der Waals surface area (Å²) >= 11 is 1.06. The molecule has 0 atom stereocenters. The van der Waals surface area contributed by atoms with Crippen LogP contribution in [0.5, 0.6) is 0 Å². The molecule has 8 heteroatoms. The van der Waals surface area contributed by atoms with Crippen LogP contribution in [-0.4, -0.2) is 15.9 Å². The minimum absolute atomic E-state index is 0.0825. The number of nitrogen functional groups attached to an aromatic ring is 2. The number of primary amides is 1. The molecule has 0 saturated carbocycles. The van der Waals surface area contributed by atoms with Gasteiger partial charge in [0.2, 0.25) is 0 Å². The van der Waals surface area contributed by atoms with E-state index in [4.69, 9.17) is 17.2 Å². The van der Waals surface area contributed by atoms with Crippen molar-refractivity contribution in [2.75, 3.05) is 11.5 Å². The normalized spacial score (nSPS) is 10.5. The smallest absolute Gasteiger partial charge is 0.260 e. The molecular weight excluding hydrogens is 300 g/mol. The molecule has 3 heterocycles. The zero-order valence-electron chi connectivity index (χ0n) is 11.2. The highest BCUT2D eigenvalue weighted by Gasteiger charge is 2.23. The van der Waals surface area contributed by atoms with E-state index in [9.17, 15) is 10.1 Å². The summed E-state index contributed by atoms with van der Waals surface area (Å²) in [6, 6.07) is 5.51. The number of pyridine rings is 2. The standard InChI is InChI=1S/C14H10N6OS/c15-5-7-8(6-1-3-19-4-2-6)9-10(16)11(13(18)21)22-14(9)20-12(7)17/h1-4H,16H2,(H2,17,20)(H2,18,21). The number of carbonyl (C=O) groups is 1. The molecule has 6 N–H and O–H groups in total. The average molecular weight is 310 g/mol. The van der Waals surface area contributed by atoms with Crippen molar-refractivity contribution < 1.29 is 4.79 Å². The van der Waals surface area contributed by atoms with Crippen LogP contribution in [0.15, 0.2) is 24.5 Å². The summed E-state index contributed by atoms with van der Waals surface area (Å²) in [6.45, 7) is 0. The van der Waals surface area contributed by atoms with Crippen molar-refractivity contribution in [3.05, 3.63) is 35.0 Å². The molecule has 7 nitrogen and oxygen atoms in total. The third kappa shape index (κ3) is 1.92. The van der Waals surface area contributed by atoms with Gasteiger partial charge < -0.3 is 17.2 Å². The number of hydrogen-bond donors (Lipinski definition) is 3. The lowest BCUT2D eigenvalue weighted by molar-refractivity contribution is 0.100. The molecule has 0 fully saturated rings. The topological polar surface area (TPSA) is 145 Å². The minimum atomic E-state index is -0.641. The van der Waals surface area contributed by atoms with Crippen molar-refractivity contribution >= 4 is 39.0 Å². The van der Waals surface area contributed by atoms with Crippen LogP contribution in [0.25, 0.3) is 21.3 Å². The Morgan fingerprint density at radius 2 is 1.95 bits per heavy atom. The summed E-state index contributed by atoms with van der Waals surface area (Å²) < 4.78 is 0. The number of anilines is 2. The zero-order chi connectivity index (χ0) is 15.9. The number of hydrogen-bond acceptors (Lipinski definition) is 7. The molecule has 0 aliphatic carbocycles. The molecule has 3 aromatic rings. The van der Waals surface area contributed by atoms with Gasteiger partial charge in [-0.05, 0) is 17.7 Å². The number of rotatable bonds is 2. The first-order chi connectivity index (χ1) is 10.5. The van der Waals surface area contributed by atoms with E-state index in [-0.39, 0.29) is 21.9 Å². The first-order valence-electron chi connectivity index (χ1n) is 6.16. The predicted octanol–water partition coefficient (Wildman–Crippen LogP) is 1.49. The number of fused-ring (bicyclic) bond motifs is 1. The number of nitriles is 1. The van der Waals surface area contributed by atoms with Gasteiger partial charge in [-0.25, -0.2) is 4.98 Å². The molecule has 0 bridgehead atoms. The van der Waals surface area contributed by atoms with E-state index in [2.05, 4.69) is 9.97 Å². The van der Waals surface area contributed by atoms with Crippen LogP contribution < -0.4 is 17.2 Å². The third-order valence-corrected chi connectivity index (χ3v) is 4.32. The maximum atomic E-state index is 11.5. The van der Waals surface area contributed by atoms with Crippen LogP contribution in [0.3, 0.4) is 0 Å². The fourth-order valence-corrected chi connectivity index (χ4v) is 3.24. The fourth-order valence-electron chi connectivity index (χ4n) is 2.27. The van der Waals surface area contributed by atoms with Gasteiger partial charge in [-0.2, -0.15) is 5.26 Å². The highest BCUT2D eigenvalue weighted by Crippen LogP contribution is 2.42. The highest BCUT2D eigenvalue weighted by atomic mass is 32.1. The van der Waals surface area contributed by atoms with Crippen molar-refractivity contribution in [2.45, 2.75) is 0 Å². The summed E-state index contributed by atoms with van der Waals surface area (Å²) in [5.41, 5.74) is 18.9. The Hall–Kier alpha value is -3.18. The molecular formula is C14H10N6OS. The molecule has 0 aliphatic heterocycles. The summed E-state index contributed by atoms with van der Waals surface area (Å²) in [5.74, 6) is -0.558. The maximum Gasteiger partial charge on any atom is 0.260 e. The van der Waals surface area contributed by atoms with Crippen LogP contribution in [-0.2, 0) is 0 Å². The van der Waals surface area contributed by atoms with Crippen LogP contribution >= 0.6 is 11.3 Å². The number of carbonyl (C=O) groups excluding carboxylic acids is 1. The first kappa shape index (κ1) is 13.8. The molecule has 108 valence electrons. The van der Waals surface area contributed by atoms with E-state index in [1.54, 1.807) is 24.5 Å². The summed E-state index contributed by atoms with van der Waals surface area (Å²) in [5, 5.41) is 9.92. The molecule has 1 amide bonds. The molecule has 0 aromatic carbocycles. The molecule has 0 spiro atoms. The first-order valence-corrected chi connectivity index (χ1v) is 6.98. The second-order valence-electron chi connectivity index (χ2n) is 4.48. The Balaban J connectivity index is 2.52. The number of nitrogens with zero attached hydrogens (tertiary/aromatic N) is 3. The van der Waals surface area contributed by atoms with Crippen molar-refractivity contribution in [3.8, 4) is 17.2 Å². The van der Waals surface area contributed by atoms with Gasteiger partial charge in [-0.1, -0.05) is 0 Å². The minimum Gasteiger partial charge on any atom is -0.397 e. The molecule has 0 unspecified atom stereocenters. The lowest BCUT2D eigenvalue weighted by atomic mass is 9.98. The number of amides is 1. The molecule has 3 aromatic heterocycles. The van der Waals surface area contributed by atoms with E-state index in [1.165, 1.54) is 0 Å². The SMILES string of the molecule is N#Cc1c(N)nc2sc(C(N)=O)c(N)c2c1-c1ccncc1. The Morgan fingerprint density at radius 1 is 1.27 bits per heavy atom. The largest absolute Gasteiger partial charge is 0.397 e. The summed E-state index contributed by atoms with van der Waals surface area (Å²) in [6.07, 6.45) is 3.19. The summed E-state index contributed by atoms with van der Waals surface area (Å²) in [4.78, 5) is 20.3. The quantitative estimate of drug-likeness (QED) is 0.654. The van der Waals surface area contributed by atoms with Crippen LogP contribution in [0, 0.1) is 11.3 Å². The maximum absolute atomic E-state index is 11.5. The number of nitrogens with two attached hydrogens (primary N) is 3. The van der Waals surface area contributed by atoms with E-state index >= 15 is 0 Å². The second-order valence-corrected chi connectivity index (χ2v) is 5.48. The van der Waals surface area contributed by atoms with Gasteiger partial charge in [0.25, 0.3) is 5.91 Å². The highest BCUT2D eigenvalue weighted by molar-refractivity contribution is 7.21. The van der Waals surface area contributed by atoms with Gasteiger partial charge in [0.1, 0.15) is 27.2 Å². The van der Waals surface area contributed by atoms with Crippen molar-refractivity contribution in [2.24, 2.45) is 5.73 Å². The zero-order valence-corrected chi connectivity index (χ0v) is 12.0. The monoisotopic (exact) mass is 310 g/mol. The second kappa shape index (κ2) is 4.98. The van der Waals surface area contributed by atoms with Crippen molar-refractivity contribution in [3.63, 3.8) is 0 Å². The van der Waals surface area contributed by atoms with E-state index in [0.29, 0.717) is 21.3 Å².